The van der Waals surface area contributed by atoms with Crippen LogP contribution in [0.15, 0.2) is 24.5 Å². The van der Waals surface area contributed by atoms with Crippen molar-refractivity contribution in [2.24, 2.45) is 0 Å². The number of nitrogens with one attached hydrogen (secondary N) is 1. The molecule has 3 rings (SSSR count). The summed E-state index contributed by atoms with van der Waals surface area (Å²) >= 11 is 0. The van der Waals surface area contributed by atoms with Crippen molar-refractivity contribution in [3.63, 3.8) is 0 Å². The lowest BCUT2D eigenvalue weighted by molar-refractivity contribution is -0.121. The molecule has 1 aromatic heterocycles. The van der Waals surface area contributed by atoms with E-state index in [9.17, 15) is 4.79 Å². The Hall–Kier alpha value is -1.42. The predicted octanol–water partition coefficient (Wildman–Crippen LogP) is 1.33. The second kappa shape index (κ2) is 4.45. The van der Waals surface area contributed by atoms with Crippen LogP contribution in [0.5, 0.6) is 0 Å². The normalized spacial score (nSPS) is 25.1. The van der Waals surface area contributed by atoms with Crippen LogP contribution in [0.2, 0.25) is 0 Å². The molecule has 1 atom stereocenters. The zero-order chi connectivity index (χ0) is 11.7. The molecule has 2 fully saturated rings. The smallest absolute Gasteiger partial charge is 0.244 e. The molecule has 1 aliphatic carbocycles. The van der Waals surface area contributed by atoms with E-state index in [1.165, 1.54) is 12.8 Å². The first-order valence-corrected chi connectivity index (χ1v) is 6.32. The number of pyridine rings is 1. The van der Waals surface area contributed by atoms with Gasteiger partial charge in [-0.15, -0.1) is 0 Å². The number of aromatic nitrogens is 1. The van der Waals surface area contributed by atoms with Crippen molar-refractivity contribution in [2.45, 2.75) is 37.8 Å². The maximum Gasteiger partial charge on any atom is 0.244 e. The quantitative estimate of drug-likeness (QED) is 0.853. The van der Waals surface area contributed by atoms with Crippen molar-refractivity contribution in [2.75, 3.05) is 11.4 Å². The molecule has 1 saturated heterocycles. The van der Waals surface area contributed by atoms with Gasteiger partial charge in [-0.3, -0.25) is 9.78 Å². The fourth-order valence-electron chi connectivity index (χ4n) is 2.33. The molecule has 90 valence electrons. The van der Waals surface area contributed by atoms with E-state index < -0.39 is 0 Å². The van der Waals surface area contributed by atoms with Crippen LogP contribution >= 0.6 is 0 Å². The Labute approximate surface area is 101 Å². The number of anilines is 1. The van der Waals surface area contributed by atoms with Gasteiger partial charge in [0.1, 0.15) is 0 Å². The third kappa shape index (κ3) is 2.31. The van der Waals surface area contributed by atoms with Crippen molar-refractivity contribution in [3.8, 4) is 0 Å². The number of carbonyl (C=O) groups is 1. The minimum Gasteiger partial charge on any atom is -0.310 e. The summed E-state index contributed by atoms with van der Waals surface area (Å²) in [7, 11) is 0. The number of rotatable bonds is 3. The molecule has 0 bridgehead atoms. The summed E-state index contributed by atoms with van der Waals surface area (Å²) in [5.41, 5.74) is 0.916. The molecule has 1 saturated carbocycles. The summed E-state index contributed by atoms with van der Waals surface area (Å²) in [4.78, 5) is 18.3. The van der Waals surface area contributed by atoms with E-state index in [0.717, 1.165) is 25.1 Å². The molecule has 1 unspecified atom stereocenters. The topological polar surface area (TPSA) is 45.2 Å². The molecular formula is C13H17N3O. The van der Waals surface area contributed by atoms with Crippen molar-refractivity contribution in [1.82, 2.24) is 10.3 Å². The van der Waals surface area contributed by atoms with Gasteiger partial charge in [-0.1, -0.05) is 0 Å². The van der Waals surface area contributed by atoms with Gasteiger partial charge in [0.15, 0.2) is 0 Å². The highest BCUT2D eigenvalue weighted by Crippen LogP contribution is 2.24. The lowest BCUT2D eigenvalue weighted by Crippen LogP contribution is -2.51. The molecule has 17 heavy (non-hydrogen) atoms. The van der Waals surface area contributed by atoms with E-state index in [1.54, 1.807) is 12.4 Å². The minimum absolute atomic E-state index is 0.0106. The number of piperidine rings is 1. The van der Waals surface area contributed by atoms with Gasteiger partial charge in [0.2, 0.25) is 5.91 Å². The summed E-state index contributed by atoms with van der Waals surface area (Å²) in [6.45, 7) is 0.813. The van der Waals surface area contributed by atoms with Crippen molar-refractivity contribution in [1.29, 1.82) is 0 Å². The highest BCUT2D eigenvalue weighted by molar-refractivity contribution is 5.97. The van der Waals surface area contributed by atoms with E-state index in [-0.39, 0.29) is 11.9 Å². The maximum atomic E-state index is 12.3. The Morgan fingerprint density at radius 3 is 2.94 bits per heavy atom. The molecule has 0 radical (unpaired) electrons. The Balaban J connectivity index is 1.74. The van der Waals surface area contributed by atoms with Gasteiger partial charge in [-0.2, -0.15) is 0 Å². The van der Waals surface area contributed by atoms with Gasteiger partial charge in [0.25, 0.3) is 0 Å². The van der Waals surface area contributed by atoms with Crippen LogP contribution in [-0.2, 0) is 4.79 Å². The molecule has 4 nitrogen and oxygen atoms in total. The Kier molecular flexibility index (Phi) is 2.81. The number of nitrogens with zero attached hydrogens (tertiary/aromatic N) is 2. The fraction of sp³-hybridized carbons (Fsp3) is 0.538. The van der Waals surface area contributed by atoms with Gasteiger partial charge in [-0.25, -0.2) is 0 Å². The van der Waals surface area contributed by atoms with E-state index in [4.69, 9.17) is 0 Å². The first-order valence-electron chi connectivity index (χ1n) is 6.32. The lowest BCUT2D eigenvalue weighted by Gasteiger charge is -2.32. The van der Waals surface area contributed by atoms with Gasteiger partial charge < -0.3 is 10.2 Å². The highest BCUT2D eigenvalue weighted by atomic mass is 16.2. The van der Waals surface area contributed by atoms with Crippen molar-refractivity contribution in [3.05, 3.63) is 24.5 Å². The summed E-state index contributed by atoms with van der Waals surface area (Å²) in [6, 6.07) is 4.42. The highest BCUT2D eigenvalue weighted by Gasteiger charge is 2.33. The van der Waals surface area contributed by atoms with E-state index >= 15 is 0 Å². The molecule has 2 aliphatic rings. The van der Waals surface area contributed by atoms with Gasteiger partial charge in [0.05, 0.1) is 17.9 Å². The molecule has 4 heteroatoms. The van der Waals surface area contributed by atoms with Crippen LogP contribution in [0.3, 0.4) is 0 Å². The first kappa shape index (κ1) is 10.7. The summed E-state index contributed by atoms with van der Waals surface area (Å²) in [6.07, 6.45) is 7.96. The standard InChI is InChI=1S/C13H17N3O/c17-13-12(15-10-5-6-10)4-2-8-16(13)11-3-1-7-14-9-11/h1,3,7,9-10,12,15H,2,4-6,8H2. The third-order valence-electron chi connectivity index (χ3n) is 3.41. The molecular weight excluding hydrogens is 214 g/mol. The first-order chi connectivity index (χ1) is 8.34. The van der Waals surface area contributed by atoms with Crippen LogP contribution in [0, 0.1) is 0 Å². The number of amides is 1. The largest absolute Gasteiger partial charge is 0.310 e. The molecule has 1 aromatic rings. The van der Waals surface area contributed by atoms with E-state index in [0.29, 0.717) is 6.04 Å². The second-order valence-electron chi connectivity index (χ2n) is 4.84. The molecule has 1 amide bonds. The SMILES string of the molecule is O=C1C(NC2CC2)CCCN1c1cccnc1. The van der Waals surface area contributed by atoms with Crippen molar-refractivity contribution >= 4 is 11.6 Å². The third-order valence-corrected chi connectivity index (χ3v) is 3.41. The predicted molar refractivity (Wildman–Crippen MR) is 65.8 cm³/mol. The summed E-state index contributed by atoms with van der Waals surface area (Å²) in [5, 5.41) is 3.43. The van der Waals surface area contributed by atoms with Crippen LogP contribution in [0.25, 0.3) is 0 Å². The van der Waals surface area contributed by atoms with Crippen LogP contribution in [0.4, 0.5) is 5.69 Å². The van der Waals surface area contributed by atoms with Crippen LogP contribution < -0.4 is 10.2 Å². The van der Waals surface area contributed by atoms with Gasteiger partial charge in [0, 0.05) is 18.8 Å². The maximum absolute atomic E-state index is 12.3. The fourth-order valence-corrected chi connectivity index (χ4v) is 2.33. The minimum atomic E-state index is 0.0106. The Bertz CT molecular complexity index is 402. The van der Waals surface area contributed by atoms with Crippen LogP contribution in [-0.4, -0.2) is 29.5 Å². The molecule has 0 aromatic carbocycles. The summed E-state index contributed by atoms with van der Waals surface area (Å²) < 4.78 is 0. The zero-order valence-electron chi connectivity index (χ0n) is 9.80. The average Bonchev–Trinajstić information content (AvgIpc) is 3.17. The lowest BCUT2D eigenvalue weighted by atomic mass is 10.0. The molecule has 1 N–H and O–H groups in total. The van der Waals surface area contributed by atoms with Gasteiger partial charge in [-0.05, 0) is 37.8 Å². The average molecular weight is 231 g/mol. The monoisotopic (exact) mass is 231 g/mol. The second-order valence-corrected chi connectivity index (χ2v) is 4.84. The number of hydrogen-bond donors (Lipinski definition) is 1. The van der Waals surface area contributed by atoms with E-state index in [1.807, 2.05) is 17.0 Å². The van der Waals surface area contributed by atoms with E-state index in [2.05, 4.69) is 10.3 Å². The summed E-state index contributed by atoms with van der Waals surface area (Å²) in [5.74, 6) is 0.205. The van der Waals surface area contributed by atoms with Crippen molar-refractivity contribution < 1.29 is 4.79 Å². The molecule has 0 spiro atoms. The Morgan fingerprint density at radius 2 is 2.24 bits per heavy atom. The number of carbonyl (C=O) groups excluding carboxylic acids is 1. The van der Waals surface area contributed by atoms with Crippen LogP contribution in [0.1, 0.15) is 25.7 Å². The van der Waals surface area contributed by atoms with Gasteiger partial charge >= 0.3 is 0 Å². The molecule has 2 heterocycles. The number of hydrogen-bond acceptors (Lipinski definition) is 3. The zero-order valence-corrected chi connectivity index (χ0v) is 9.80. The molecule has 1 aliphatic heterocycles. The Morgan fingerprint density at radius 1 is 1.35 bits per heavy atom.